The number of ketones is 1. The molecule has 0 aliphatic heterocycles. The van der Waals surface area contributed by atoms with E-state index in [0.717, 1.165) is 38.5 Å². The van der Waals surface area contributed by atoms with Crippen molar-refractivity contribution in [2.24, 2.45) is 50.2 Å². The van der Waals surface area contributed by atoms with Crippen molar-refractivity contribution < 1.29 is 37.8 Å². The molecule has 1 heterocycles. The summed E-state index contributed by atoms with van der Waals surface area (Å²) in [7, 11) is 1.63. The minimum absolute atomic E-state index is 0.0176. The molecule has 248 valence electrons. The third-order valence-electron chi connectivity index (χ3n) is 14.6. The van der Waals surface area contributed by atoms with Gasteiger partial charge in [-0.25, -0.2) is 4.79 Å². The van der Waals surface area contributed by atoms with Crippen molar-refractivity contribution in [1.29, 1.82) is 0 Å². The number of aryl methyl sites for hydroxylation is 1. The van der Waals surface area contributed by atoms with Gasteiger partial charge in [0.1, 0.15) is 0 Å². The molecule has 10 atom stereocenters. The van der Waals surface area contributed by atoms with E-state index in [2.05, 4.69) is 27.7 Å². The first-order chi connectivity index (χ1) is 20.9. The van der Waals surface area contributed by atoms with E-state index in [-0.39, 0.29) is 57.9 Å². The van der Waals surface area contributed by atoms with Crippen LogP contribution in [0.1, 0.15) is 111 Å². The van der Waals surface area contributed by atoms with Crippen molar-refractivity contribution in [3.63, 3.8) is 0 Å². The van der Waals surface area contributed by atoms with Gasteiger partial charge in [0.25, 0.3) is 0 Å². The second kappa shape index (κ2) is 10.2. The van der Waals surface area contributed by atoms with E-state index >= 15 is 0 Å². The van der Waals surface area contributed by atoms with Crippen LogP contribution >= 0.6 is 0 Å². The lowest BCUT2D eigenvalue weighted by molar-refractivity contribution is -0.221. The molecule has 1 N–H and O–H groups in total. The topological polar surface area (TPSA) is 133 Å². The minimum Gasteiger partial charge on any atom is -0.481 e. The van der Waals surface area contributed by atoms with Gasteiger partial charge in [-0.1, -0.05) is 33.3 Å². The normalized spacial score (nSPS) is 45.8. The Balaban J connectivity index is 1.38. The van der Waals surface area contributed by atoms with Gasteiger partial charge in [-0.05, 0) is 118 Å². The van der Waals surface area contributed by atoms with Gasteiger partial charge in [-0.2, -0.15) is 0 Å². The maximum atomic E-state index is 14.7. The van der Waals surface area contributed by atoms with Crippen LogP contribution in [0.25, 0.3) is 0 Å². The summed E-state index contributed by atoms with van der Waals surface area (Å²) in [6, 6.07) is 0. The lowest BCUT2D eigenvalue weighted by Crippen LogP contribution is -2.68. The molecule has 1 aromatic rings. The zero-order valence-electron chi connectivity index (χ0n) is 28.2. The largest absolute Gasteiger partial charge is 0.519 e. The summed E-state index contributed by atoms with van der Waals surface area (Å²) in [5.74, 6) is -1.85. The Bertz CT molecular complexity index is 1520. The maximum Gasteiger partial charge on any atom is 0.519 e. The van der Waals surface area contributed by atoms with Crippen LogP contribution in [0.5, 0.6) is 0 Å². The van der Waals surface area contributed by atoms with E-state index in [9.17, 15) is 24.3 Å². The Hall–Kier alpha value is -2.68. The highest BCUT2D eigenvalue weighted by Crippen LogP contribution is 2.75. The summed E-state index contributed by atoms with van der Waals surface area (Å²) in [4.78, 5) is 52.7. The van der Waals surface area contributed by atoms with E-state index in [1.807, 2.05) is 19.9 Å². The molecule has 4 fully saturated rings. The first-order valence-electron chi connectivity index (χ1n) is 16.7. The number of carbonyl (C=O) groups is 3. The van der Waals surface area contributed by atoms with Crippen LogP contribution in [0, 0.1) is 57.2 Å². The number of carbonyl (C=O) groups excluding carboxylic acids is 2. The molecule has 6 rings (SSSR count). The van der Waals surface area contributed by atoms with Crippen molar-refractivity contribution in [2.45, 2.75) is 119 Å². The number of aliphatic carboxylic acids is 1. The van der Waals surface area contributed by atoms with Gasteiger partial charge in [0, 0.05) is 13.0 Å². The van der Waals surface area contributed by atoms with Gasteiger partial charge in [0.15, 0.2) is 23.9 Å². The van der Waals surface area contributed by atoms with Crippen molar-refractivity contribution in [1.82, 2.24) is 0 Å². The van der Waals surface area contributed by atoms with Gasteiger partial charge < -0.3 is 23.4 Å². The van der Waals surface area contributed by atoms with Gasteiger partial charge in [0.2, 0.25) is 0 Å². The molecule has 4 saturated carbocycles. The van der Waals surface area contributed by atoms with Crippen LogP contribution < -0.4 is 5.82 Å². The van der Waals surface area contributed by atoms with E-state index in [1.165, 1.54) is 5.57 Å². The highest BCUT2D eigenvalue weighted by atomic mass is 16.6. The molecular formula is C36H50O9. The SMILES string of the molecule is CO[C@H]1CC[C@@]2(C)[C@@H](CC[C@]3(C)[C@@H]2C(=O)C=C2[C@@H]4C[C@@](C)(C(=O)O)CC[C@]4(C)CC[C@]23C)[C@]1(C)C(=O)OCc1oc(=O)oc1C. The van der Waals surface area contributed by atoms with Crippen LogP contribution in [0.2, 0.25) is 0 Å². The average Bonchev–Trinajstić information content (AvgIpc) is 3.29. The number of esters is 1. The minimum atomic E-state index is -1.02. The Morgan fingerprint density at radius 2 is 1.64 bits per heavy atom. The molecule has 0 aromatic carbocycles. The lowest BCUT2D eigenvalue weighted by Gasteiger charge is -2.70. The molecule has 0 saturated heterocycles. The van der Waals surface area contributed by atoms with E-state index in [1.54, 1.807) is 14.0 Å². The molecule has 0 bridgehead atoms. The predicted molar refractivity (Wildman–Crippen MR) is 164 cm³/mol. The Morgan fingerprint density at radius 1 is 0.956 bits per heavy atom. The average molecular weight is 627 g/mol. The Morgan fingerprint density at radius 3 is 2.27 bits per heavy atom. The van der Waals surface area contributed by atoms with Crippen LogP contribution in [0.15, 0.2) is 25.3 Å². The lowest BCUT2D eigenvalue weighted by atomic mass is 9.33. The van der Waals surface area contributed by atoms with Gasteiger partial charge in [-0.3, -0.25) is 14.4 Å². The zero-order chi connectivity index (χ0) is 33.0. The summed E-state index contributed by atoms with van der Waals surface area (Å²) in [6.45, 7) is 14.3. The van der Waals surface area contributed by atoms with E-state index < -0.39 is 40.1 Å². The molecule has 5 aliphatic carbocycles. The second-order valence-electron chi connectivity index (χ2n) is 16.6. The van der Waals surface area contributed by atoms with Crippen LogP contribution in [-0.4, -0.2) is 36.0 Å². The summed E-state index contributed by atoms with van der Waals surface area (Å²) in [6.07, 6.45) is 8.45. The standard InChI is InChI=1S/C36H50O9/c1-20-24(45-30(41)44-20)19-43-29(40)36(7)25-9-12-35(6)27(33(25,4)11-10-26(36)42-8)23(37)17-21-22-18-32(3,28(38)39)14-13-31(22,2)15-16-34(21,35)5/h17,22,25-27H,9-16,18-19H2,1-8H3,(H,38,39)/t22-,25+,26-,27+,31+,32-,33-,34+,35+,36-/m0/s1. The molecule has 9 heteroatoms. The summed E-state index contributed by atoms with van der Waals surface area (Å²) in [5, 5.41) is 10.2. The molecule has 0 radical (unpaired) electrons. The second-order valence-corrected chi connectivity index (χ2v) is 16.6. The number of carboxylic acid groups (broad SMARTS) is 1. The molecule has 0 amide bonds. The smallest absolute Gasteiger partial charge is 0.481 e. The molecule has 5 aliphatic rings. The number of rotatable bonds is 5. The first kappa shape index (κ1) is 32.3. The molecule has 0 unspecified atom stereocenters. The summed E-state index contributed by atoms with van der Waals surface area (Å²) >= 11 is 0. The van der Waals surface area contributed by atoms with Crippen molar-refractivity contribution in [3.8, 4) is 0 Å². The fraction of sp³-hybridized carbons (Fsp3) is 0.778. The third kappa shape index (κ3) is 4.27. The monoisotopic (exact) mass is 626 g/mol. The van der Waals surface area contributed by atoms with Crippen molar-refractivity contribution in [3.05, 3.63) is 33.8 Å². The number of ether oxygens (including phenoxy) is 2. The predicted octanol–water partition coefficient (Wildman–Crippen LogP) is 6.64. The number of allylic oxidation sites excluding steroid dienone is 2. The number of hydrogen-bond acceptors (Lipinski definition) is 8. The third-order valence-corrected chi connectivity index (χ3v) is 14.6. The zero-order valence-corrected chi connectivity index (χ0v) is 28.2. The van der Waals surface area contributed by atoms with Crippen molar-refractivity contribution >= 4 is 17.7 Å². The Kier molecular flexibility index (Phi) is 7.28. The summed E-state index contributed by atoms with van der Waals surface area (Å²) < 4.78 is 21.8. The van der Waals surface area contributed by atoms with Crippen LogP contribution in [-0.2, 0) is 30.5 Å². The fourth-order valence-electron chi connectivity index (χ4n) is 11.5. The summed E-state index contributed by atoms with van der Waals surface area (Å²) in [5.41, 5.74) is -1.77. The Labute approximate surface area is 265 Å². The van der Waals surface area contributed by atoms with Gasteiger partial charge in [0.05, 0.1) is 16.9 Å². The maximum absolute atomic E-state index is 14.7. The molecule has 9 nitrogen and oxygen atoms in total. The molecule has 45 heavy (non-hydrogen) atoms. The fourth-order valence-corrected chi connectivity index (χ4v) is 11.5. The number of methoxy groups -OCH3 is 1. The van der Waals surface area contributed by atoms with Gasteiger partial charge in [-0.15, -0.1) is 0 Å². The molecular weight excluding hydrogens is 576 g/mol. The highest BCUT2D eigenvalue weighted by Gasteiger charge is 2.72. The van der Waals surface area contributed by atoms with E-state index in [0.29, 0.717) is 19.3 Å². The molecule has 0 spiro atoms. The number of hydrogen-bond donors (Lipinski definition) is 1. The quantitative estimate of drug-likeness (QED) is 0.357. The van der Waals surface area contributed by atoms with E-state index in [4.69, 9.17) is 18.3 Å². The van der Waals surface area contributed by atoms with Gasteiger partial charge >= 0.3 is 17.8 Å². The number of fused-ring (bicyclic) bond motifs is 7. The molecule has 1 aromatic heterocycles. The van der Waals surface area contributed by atoms with Crippen LogP contribution in [0.4, 0.5) is 0 Å². The van der Waals surface area contributed by atoms with Crippen LogP contribution in [0.3, 0.4) is 0 Å². The highest BCUT2D eigenvalue weighted by molar-refractivity contribution is 5.96. The number of carboxylic acids is 1. The van der Waals surface area contributed by atoms with Crippen molar-refractivity contribution in [2.75, 3.05) is 7.11 Å². The first-order valence-corrected chi connectivity index (χ1v) is 16.7.